The zero-order chi connectivity index (χ0) is 16.7. The maximum Gasteiger partial charge on any atom is 0.345 e. The smallest absolute Gasteiger partial charge is 0.345 e. The van der Waals surface area contributed by atoms with Gasteiger partial charge in [0.25, 0.3) is 0 Å². The van der Waals surface area contributed by atoms with E-state index < -0.39 is 25.9 Å². The molecule has 0 aliphatic carbocycles. The first-order valence-electron chi connectivity index (χ1n) is 5.95. The van der Waals surface area contributed by atoms with Gasteiger partial charge in [-0.05, 0) is 12.1 Å². The quantitative estimate of drug-likeness (QED) is 0.586. The van der Waals surface area contributed by atoms with E-state index in [2.05, 4.69) is 4.98 Å². The normalized spacial score (nSPS) is 13.5. The third kappa shape index (κ3) is 3.78. The molecule has 0 bridgehead atoms. The lowest BCUT2D eigenvalue weighted by Gasteiger charge is -2.12. The average Bonchev–Trinajstić information content (AvgIpc) is 2.66. The first-order chi connectivity index (χ1) is 10.1. The molecule has 1 heterocycles. The number of nitrogens with zero attached hydrogens (tertiary/aromatic N) is 2. The third-order valence-electron chi connectivity index (χ3n) is 2.91. The summed E-state index contributed by atoms with van der Waals surface area (Å²) >= 11 is 11.8. The average molecular weight is 368 g/mol. The van der Waals surface area contributed by atoms with Crippen molar-refractivity contribution in [3.63, 3.8) is 0 Å². The number of benzene rings is 1. The Morgan fingerprint density at radius 1 is 1.36 bits per heavy atom. The Hall–Kier alpha value is -1.15. The van der Waals surface area contributed by atoms with E-state index in [0.717, 1.165) is 0 Å². The molecule has 11 heteroatoms. The van der Waals surface area contributed by atoms with E-state index in [9.17, 15) is 19.1 Å². The fraction of sp³-hybridized carbons (Fsp3) is 0.273. The second-order valence-electron chi connectivity index (χ2n) is 4.67. The summed E-state index contributed by atoms with van der Waals surface area (Å²) in [5, 5.41) is 9.29. The van der Waals surface area contributed by atoms with Crippen molar-refractivity contribution in [3.05, 3.63) is 28.0 Å². The van der Waals surface area contributed by atoms with E-state index >= 15 is 0 Å². The summed E-state index contributed by atoms with van der Waals surface area (Å²) in [4.78, 5) is 33.4. The van der Waals surface area contributed by atoms with E-state index in [0.29, 0.717) is 11.0 Å². The predicted molar refractivity (Wildman–Crippen MR) is 81.1 cm³/mol. The van der Waals surface area contributed by atoms with E-state index in [4.69, 9.17) is 34.0 Å². The summed E-state index contributed by atoms with van der Waals surface area (Å²) < 4.78 is 12.5. The van der Waals surface area contributed by atoms with Crippen LogP contribution in [0.1, 0.15) is 5.82 Å². The van der Waals surface area contributed by atoms with Crippen LogP contribution in [0.3, 0.4) is 0 Å². The van der Waals surface area contributed by atoms with Crippen LogP contribution in [0, 0.1) is 0 Å². The summed E-state index contributed by atoms with van der Waals surface area (Å²) in [6, 6.07) is 1.60. The number of rotatable bonds is 5. The highest BCUT2D eigenvalue weighted by Crippen LogP contribution is 2.39. The van der Waals surface area contributed by atoms with Crippen LogP contribution in [0.5, 0.6) is 0 Å². The first kappa shape index (κ1) is 17.2. The van der Waals surface area contributed by atoms with Crippen LogP contribution in [0.15, 0.2) is 12.1 Å². The van der Waals surface area contributed by atoms with Crippen molar-refractivity contribution >= 4 is 47.8 Å². The summed E-state index contributed by atoms with van der Waals surface area (Å²) in [5.74, 6) is -1.11. The van der Waals surface area contributed by atoms with E-state index in [1.54, 1.807) is 0 Å². The first-order valence-corrected chi connectivity index (χ1v) is 8.51. The Morgan fingerprint density at radius 3 is 2.50 bits per heavy atom. The number of carboxylic acids is 1. The highest BCUT2D eigenvalue weighted by atomic mass is 35.5. The lowest BCUT2D eigenvalue weighted by Crippen LogP contribution is -2.33. The highest BCUT2D eigenvalue weighted by molar-refractivity contribution is 7.50. The minimum Gasteiger partial charge on any atom is -0.480 e. The molecule has 0 amide bonds. The van der Waals surface area contributed by atoms with Crippen LogP contribution in [-0.4, -0.2) is 36.5 Å². The number of aromatic nitrogens is 2. The number of carboxylic acid groups (broad SMARTS) is 1. The molecule has 2 rings (SSSR count). The van der Waals surface area contributed by atoms with Crippen molar-refractivity contribution in [1.82, 2.24) is 9.55 Å². The van der Waals surface area contributed by atoms with Gasteiger partial charge in [0, 0.05) is 6.42 Å². The molecule has 0 saturated carbocycles. The van der Waals surface area contributed by atoms with E-state index in [1.807, 2.05) is 0 Å². The summed E-state index contributed by atoms with van der Waals surface area (Å²) in [5.41, 5.74) is 6.14. The van der Waals surface area contributed by atoms with Crippen molar-refractivity contribution in [2.24, 2.45) is 5.73 Å². The van der Waals surface area contributed by atoms with Crippen molar-refractivity contribution < 1.29 is 24.3 Å². The van der Waals surface area contributed by atoms with Gasteiger partial charge in [-0.15, -0.1) is 0 Å². The van der Waals surface area contributed by atoms with E-state index in [-0.39, 0.29) is 22.3 Å². The van der Waals surface area contributed by atoms with Crippen molar-refractivity contribution in [2.45, 2.75) is 18.7 Å². The summed E-state index contributed by atoms with van der Waals surface area (Å²) in [6.07, 6.45) is -0.859. The molecule has 8 nitrogen and oxygen atoms in total. The Bertz CT molecular complexity index is 788. The van der Waals surface area contributed by atoms with Gasteiger partial charge in [0.15, 0.2) is 0 Å². The zero-order valence-electron chi connectivity index (χ0n) is 11.0. The number of nitrogens with two attached hydrogens (primary N) is 1. The number of imidazole rings is 1. The van der Waals surface area contributed by atoms with Gasteiger partial charge >= 0.3 is 13.6 Å². The monoisotopic (exact) mass is 367 g/mol. The van der Waals surface area contributed by atoms with Crippen LogP contribution >= 0.6 is 30.8 Å². The second kappa shape index (κ2) is 6.16. The van der Waals surface area contributed by atoms with Crippen molar-refractivity contribution in [1.29, 1.82) is 0 Å². The Balaban J connectivity index is 2.60. The van der Waals surface area contributed by atoms with Crippen LogP contribution in [0.2, 0.25) is 10.0 Å². The predicted octanol–water partition coefficient (Wildman–Crippen LogP) is 1.43. The SMILES string of the molecule is N[C@H](Cc1nc2cc(Cl)c(Cl)cc2n1CP(=O)(O)O)C(=O)O. The highest BCUT2D eigenvalue weighted by Gasteiger charge is 2.23. The summed E-state index contributed by atoms with van der Waals surface area (Å²) in [7, 11) is -4.42. The molecule has 22 heavy (non-hydrogen) atoms. The largest absolute Gasteiger partial charge is 0.480 e. The van der Waals surface area contributed by atoms with Gasteiger partial charge in [0.2, 0.25) is 0 Å². The van der Waals surface area contributed by atoms with Gasteiger partial charge < -0.3 is 25.2 Å². The fourth-order valence-electron chi connectivity index (χ4n) is 1.95. The standard InChI is InChI=1S/C11H12Cl2N3O5P/c12-5-1-8-9(2-6(5)13)16(4-22(19,20)21)10(15-8)3-7(14)11(17)18/h1-2,7H,3-4,14H2,(H,17,18)(H2,19,20,21)/t7-/m1/s1. The molecular weight excluding hydrogens is 356 g/mol. The van der Waals surface area contributed by atoms with Gasteiger partial charge in [0.05, 0.1) is 21.1 Å². The zero-order valence-corrected chi connectivity index (χ0v) is 13.4. The molecule has 2 aromatic rings. The van der Waals surface area contributed by atoms with Gasteiger partial charge in [0.1, 0.15) is 18.2 Å². The molecule has 0 spiro atoms. The van der Waals surface area contributed by atoms with E-state index in [1.165, 1.54) is 16.7 Å². The number of hydrogen-bond acceptors (Lipinski definition) is 4. The molecule has 5 N–H and O–H groups in total. The maximum atomic E-state index is 11.3. The number of hydrogen-bond donors (Lipinski definition) is 4. The number of carbonyl (C=O) groups is 1. The molecule has 0 aliphatic rings. The minimum atomic E-state index is -4.42. The Labute approximate surface area is 134 Å². The molecule has 1 atom stereocenters. The lowest BCUT2D eigenvalue weighted by atomic mass is 10.2. The molecular formula is C11H12Cl2N3O5P. The van der Waals surface area contributed by atoms with Crippen LogP contribution in [0.4, 0.5) is 0 Å². The van der Waals surface area contributed by atoms with Gasteiger partial charge in [-0.25, -0.2) is 4.98 Å². The van der Waals surface area contributed by atoms with Gasteiger partial charge in [-0.2, -0.15) is 0 Å². The van der Waals surface area contributed by atoms with Crippen LogP contribution < -0.4 is 5.73 Å². The lowest BCUT2D eigenvalue weighted by molar-refractivity contribution is -0.138. The maximum absolute atomic E-state index is 11.3. The Kier molecular flexibility index (Phi) is 4.81. The molecule has 0 unspecified atom stereocenters. The van der Waals surface area contributed by atoms with Crippen molar-refractivity contribution in [2.75, 3.05) is 0 Å². The van der Waals surface area contributed by atoms with Crippen molar-refractivity contribution in [3.8, 4) is 0 Å². The summed E-state index contributed by atoms with van der Waals surface area (Å²) in [6.45, 7) is 0. The molecule has 0 fully saturated rings. The van der Waals surface area contributed by atoms with Gasteiger partial charge in [-0.3, -0.25) is 9.36 Å². The number of fused-ring (bicyclic) bond motifs is 1. The molecule has 0 aliphatic heterocycles. The molecule has 0 radical (unpaired) electrons. The number of aliphatic carboxylic acids is 1. The topological polar surface area (TPSA) is 139 Å². The molecule has 120 valence electrons. The number of halogens is 2. The fourth-order valence-corrected chi connectivity index (χ4v) is 2.95. The Morgan fingerprint density at radius 2 is 1.95 bits per heavy atom. The third-order valence-corrected chi connectivity index (χ3v) is 4.29. The second-order valence-corrected chi connectivity index (χ2v) is 7.09. The van der Waals surface area contributed by atoms with Crippen LogP contribution in [0.25, 0.3) is 11.0 Å². The van der Waals surface area contributed by atoms with Gasteiger partial charge in [-0.1, -0.05) is 23.2 Å². The minimum absolute atomic E-state index is 0.131. The van der Waals surface area contributed by atoms with Crippen LogP contribution in [-0.2, 0) is 22.1 Å². The molecule has 1 aromatic carbocycles. The molecule has 0 saturated heterocycles. The molecule has 1 aromatic heterocycles.